The Balaban J connectivity index is 3.17. The first kappa shape index (κ1) is 8.61. The molecule has 0 atom stereocenters. The summed E-state index contributed by atoms with van der Waals surface area (Å²) in [5, 5.41) is 4.08. The largest absolute Gasteiger partial charge is 0.247 e. The van der Waals surface area contributed by atoms with Crippen molar-refractivity contribution >= 4 is 22.9 Å². The van der Waals surface area contributed by atoms with Gasteiger partial charge in [-0.15, -0.1) is 0 Å². The molecule has 0 fully saturated rings. The van der Waals surface area contributed by atoms with Crippen LogP contribution in [0.5, 0.6) is 0 Å². The summed E-state index contributed by atoms with van der Waals surface area (Å²) in [6.45, 7) is 0.882. The molecule has 4 heteroatoms. The first-order valence-electron chi connectivity index (χ1n) is 2.40. The molecule has 0 aliphatic carbocycles. The Morgan fingerprint density at radius 1 is 1.38 bits per heavy atom. The fourth-order valence-electron chi connectivity index (χ4n) is 0.228. The van der Waals surface area contributed by atoms with Gasteiger partial charge in [-0.3, -0.25) is 0 Å². The van der Waals surface area contributed by atoms with Gasteiger partial charge in [-0.1, -0.05) is 0 Å². The normalized spacial score (nSPS) is 11.2. The van der Waals surface area contributed by atoms with E-state index in [1.165, 1.54) is 0 Å². The Morgan fingerprint density at radius 3 is 2.00 bits per heavy atom. The summed E-state index contributed by atoms with van der Waals surface area (Å²) in [5.74, 6) is 0. The van der Waals surface area contributed by atoms with Gasteiger partial charge in [0.15, 0.2) is 0 Å². The van der Waals surface area contributed by atoms with Crippen LogP contribution in [0.15, 0.2) is 0 Å². The van der Waals surface area contributed by atoms with E-state index in [0.29, 0.717) is 0 Å². The van der Waals surface area contributed by atoms with Crippen LogP contribution in [0.2, 0.25) is 0 Å². The predicted octanol–water partition coefficient (Wildman–Crippen LogP) is 0.292. The third-order valence-electron chi connectivity index (χ3n) is 0.971. The zero-order valence-corrected chi connectivity index (χ0v) is 7.64. The summed E-state index contributed by atoms with van der Waals surface area (Å²) in [5.41, 5.74) is 0. The average Bonchev–Trinajstić information content (AvgIpc) is 1.67. The molecule has 0 heterocycles. The van der Waals surface area contributed by atoms with Gasteiger partial charge in [-0.05, 0) is 0 Å². The van der Waals surface area contributed by atoms with Crippen molar-refractivity contribution in [3.63, 3.8) is 0 Å². The Hall–Kier alpha value is 0.610. The fourth-order valence-corrected chi connectivity index (χ4v) is 0.722. The maximum Gasteiger partial charge on any atom is 0.0706 e. The van der Waals surface area contributed by atoms with Gasteiger partial charge in [-0.25, -0.2) is 13.5 Å². The van der Waals surface area contributed by atoms with Crippen LogP contribution in [0, 0.1) is 0 Å². The Bertz CT molecular complexity index is 57.2. The molecule has 0 bridgehead atoms. The number of hydrogen-bond acceptors (Lipinski definition) is 3. The van der Waals surface area contributed by atoms with Crippen LogP contribution in [-0.2, 0) is 0 Å². The van der Waals surface area contributed by atoms with Crippen LogP contribution in [0.1, 0.15) is 0 Å². The van der Waals surface area contributed by atoms with Crippen molar-refractivity contribution in [2.45, 2.75) is 0 Å². The Kier molecular flexibility index (Phi) is 4.83. The fraction of sp³-hybridized carbons (Fsp3) is 1.00. The van der Waals surface area contributed by atoms with E-state index in [2.05, 4.69) is 31.4 Å². The third-order valence-corrected chi connectivity index (χ3v) is 1.31. The lowest BCUT2D eigenvalue weighted by Crippen LogP contribution is -2.37. The van der Waals surface area contributed by atoms with Crippen LogP contribution in [0.4, 0.5) is 0 Å². The molecule has 0 spiro atoms. The van der Waals surface area contributed by atoms with Crippen molar-refractivity contribution in [2.24, 2.45) is 0 Å². The molecule has 0 saturated heterocycles. The van der Waals surface area contributed by atoms with E-state index in [1.807, 2.05) is 26.2 Å². The van der Waals surface area contributed by atoms with Crippen LogP contribution in [0.25, 0.3) is 0 Å². The van der Waals surface area contributed by atoms with Gasteiger partial charge in [0.2, 0.25) is 0 Å². The molecule has 1 N–H and O–H groups in total. The van der Waals surface area contributed by atoms with Crippen LogP contribution < -0.4 is 3.53 Å². The van der Waals surface area contributed by atoms with Gasteiger partial charge in [0.05, 0.1) is 6.67 Å². The molecule has 0 saturated carbocycles. The van der Waals surface area contributed by atoms with E-state index >= 15 is 0 Å². The number of rotatable bonds is 3. The highest BCUT2D eigenvalue weighted by atomic mass is 127. The molecule has 3 nitrogen and oxygen atoms in total. The van der Waals surface area contributed by atoms with E-state index in [-0.39, 0.29) is 0 Å². The van der Waals surface area contributed by atoms with Gasteiger partial charge in [-0.2, -0.15) is 0 Å². The lowest BCUT2D eigenvalue weighted by atomic mass is 10.9. The number of hydrogen-bond donors (Lipinski definition) is 1. The van der Waals surface area contributed by atoms with Crippen molar-refractivity contribution in [1.29, 1.82) is 0 Å². The zero-order chi connectivity index (χ0) is 6.57. The smallest absolute Gasteiger partial charge is 0.0706 e. The molecule has 0 radical (unpaired) electrons. The summed E-state index contributed by atoms with van der Waals surface area (Å²) < 4.78 is 3.00. The van der Waals surface area contributed by atoms with Gasteiger partial charge < -0.3 is 0 Å². The first-order chi connectivity index (χ1) is 3.68. The standard InChI is InChI=1S/C4H12IN3/c1-7(2)8(3)4-6-5/h6H,4H2,1-3H3. The molecule has 0 aliphatic rings. The number of nitrogens with one attached hydrogen (secondary N) is 1. The molecule has 50 valence electrons. The van der Waals surface area contributed by atoms with Crippen LogP contribution >= 0.6 is 22.9 Å². The van der Waals surface area contributed by atoms with Crippen molar-refractivity contribution < 1.29 is 0 Å². The predicted molar refractivity (Wildman–Crippen MR) is 43.5 cm³/mol. The van der Waals surface area contributed by atoms with Crippen molar-refractivity contribution in [3.8, 4) is 0 Å². The highest BCUT2D eigenvalue weighted by Crippen LogP contribution is 1.82. The van der Waals surface area contributed by atoms with Gasteiger partial charge in [0.25, 0.3) is 0 Å². The van der Waals surface area contributed by atoms with E-state index in [0.717, 1.165) is 6.67 Å². The number of hydrazine groups is 1. The second kappa shape index (κ2) is 4.49. The molecule has 0 aromatic rings. The van der Waals surface area contributed by atoms with Crippen molar-refractivity contribution in [2.75, 3.05) is 27.8 Å². The van der Waals surface area contributed by atoms with Gasteiger partial charge in [0.1, 0.15) is 0 Å². The second-order valence-corrected chi connectivity index (χ2v) is 2.56. The van der Waals surface area contributed by atoms with Crippen molar-refractivity contribution in [3.05, 3.63) is 0 Å². The van der Waals surface area contributed by atoms with E-state index in [9.17, 15) is 0 Å². The monoisotopic (exact) mass is 229 g/mol. The molecule has 0 aromatic carbocycles. The molecule has 0 aliphatic heterocycles. The zero-order valence-electron chi connectivity index (χ0n) is 5.48. The molecule has 0 rings (SSSR count). The number of halogens is 1. The summed E-state index contributed by atoms with van der Waals surface area (Å²) >= 11 is 2.12. The van der Waals surface area contributed by atoms with Gasteiger partial charge in [0, 0.05) is 44.0 Å². The quantitative estimate of drug-likeness (QED) is 0.325. The molecule has 0 amide bonds. The maximum absolute atomic E-state index is 3.00. The lowest BCUT2D eigenvalue weighted by molar-refractivity contribution is 0.0567. The molecular weight excluding hydrogens is 217 g/mol. The highest BCUT2D eigenvalue weighted by molar-refractivity contribution is 14.1. The molecular formula is C4H12IN3. The van der Waals surface area contributed by atoms with E-state index < -0.39 is 0 Å². The summed E-state index contributed by atoms with van der Waals surface area (Å²) in [4.78, 5) is 0. The lowest BCUT2D eigenvalue weighted by Gasteiger charge is -2.22. The molecule has 8 heavy (non-hydrogen) atoms. The van der Waals surface area contributed by atoms with Crippen LogP contribution in [-0.4, -0.2) is 37.8 Å². The summed E-state index contributed by atoms with van der Waals surface area (Å²) in [6.07, 6.45) is 0. The van der Waals surface area contributed by atoms with E-state index in [4.69, 9.17) is 0 Å². The Morgan fingerprint density at radius 2 is 1.88 bits per heavy atom. The van der Waals surface area contributed by atoms with E-state index in [1.54, 1.807) is 0 Å². The SMILES string of the molecule is CN(C)N(C)CNI. The highest BCUT2D eigenvalue weighted by Gasteiger charge is 1.94. The van der Waals surface area contributed by atoms with Crippen LogP contribution in [0.3, 0.4) is 0 Å². The molecule has 0 aromatic heterocycles. The second-order valence-electron chi connectivity index (χ2n) is 1.80. The van der Waals surface area contributed by atoms with Crippen molar-refractivity contribution in [1.82, 2.24) is 13.5 Å². The minimum atomic E-state index is 0.882. The summed E-state index contributed by atoms with van der Waals surface area (Å²) in [7, 11) is 6.04. The minimum absolute atomic E-state index is 0.882. The first-order valence-corrected chi connectivity index (χ1v) is 3.48. The maximum atomic E-state index is 3.00. The van der Waals surface area contributed by atoms with Gasteiger partial charge >= 0.3 is 0 Å². The summed E-state index contributed by atoms with van der Waals surface area (Å²) in [6, 6.07) is 0. The minimum Gasteiger partial charge on any atom is -0.247 e. The topological polar surface area (TPSA) is 18.5 Å². The number of nitrogens with zero attached hydrogens (tertiary/aromatic N) is 2. The Labute approximate surface area is 64.5 Å². The third kappa shape index (κ3) is 3.59. The molecule has 0 unspecified atom stereocenters. The average molecular weight is 229 g/mol.